The number of hydrogen-bond acceptors (Lipinski definition) is 3. The summed E-state index contributed by atoms with van der Waals surface area (Å²) >= 11 is 0. The number of carbonyl (C=O) groups is 2. The van der Waals surface area contributed by atoms with Gasteiger partial charge in [-0.1, -0.05) is 18.2 Å². The molecule has 1 aliphatic rings. The van der Waals surface area contributed by atoms with Gasteiger partial charge in [0.15, 0.2) is 0 Å². The van der Waals surface area contributed by atoms with Crippen LogP contribution in [0.15, 0.2) is 24.3 Å². The molecule has 0 bridgehead atoms. The van der Waals surface area contributed by atoms with E-state index in [1.807, 2.05) is 13.8 Å². The van der Waals surface area contributed by atoms with E-state index in [1.54, 1.807) is 11.0 Å². The van der Waals surface area contributed by atoms with E-state index in [-0.39, 0.29) is 36.5 Å². The highest BCUT2D eigenvalue weighted by atomic mass is 19.1. The molecule has 6 nitrogen and oxygen atoms in total. The van der Waals surface area contributed by atoms with Crippen molar-refractivity contribution in [3.63, 3.8) is 0 Å². The first-order valence-electron chi connectivity index (χ1n) is 7.64. The molecule has 2 rings (SSSR count). The predicted octanol–water partition coefficient (Wildman–Crippen LogP) is 1.17. The second kappa shape index (κ2) is 7.41. The molecule has 1 fully saturated rings. The van der Waals surface area contributed by atoms with E-state index in [9.17, 15) is 19.1 Å². The molecule has 0 spiro atoms. The standard InChI is InChI=1S/C16H22FN3O3/c1-10(2)20-9-11(7-15(20)22)19-16(23)18-8-14(21)12-5-3-4-6-13(12)17/h3-6,10-11,14,21H,7-9H2,1-2H3,(H2,18,19,23)/t11-,14-/m0/s1. The van der Waals surface area contributed by atoms with E-state index < -0.39 is 18.0 Å². The number of carbonyl (C=O) groups excluding carboxylic acids is 2. The fraction of sp³-hybridized carbons (Fsp3) is 0.500. The van der Waals surface area contributed by atoms with E-state index in [1.165, 1.54) is 18.2 Å². The van der Waals surface area contributed by atoms with Crippen molar-refractivity contribution in [2.75, 3.05) is 13.1 Å². The molecule has 1 saturated heterocycles. The number of nitrogens with zero attached hydrogens (tertiary/aromatic N) is 1. The second-order valence-corrected chi connectivity index (χ2v) is 5.93. The molecular weight excluding hydrogens is 301 g/mol. The summed E-state index contributed by atoms with van der Waals surface area (Å²) in [6.45, 7) is 4.21. The van der Waals surface area contributed by atoms with Crippen LogP contribution in [0.5, 0.6) is 0 Å². The highest BCUT2D eigenvalue weighted by Crippen LogP contribution is 2.16. The van der Waals surface area contributed by atoms with Crippen molar-refractivity contribution in [1.82, 2.24) is 15.5 Å². The summed E-state index contributed by atoms with van der Waals surface area (Å²) < 4.78 is 13.5. The fourth-order valence-electron chi connectivity index (χ4n) is 2.61. The number of amides is 3. The number of aliphatic hydroxyl groups is 1. The quantitative estimate of drug-likeness (QED) is 0.761. The van der Waals surface area contributed by atoms with Crippen LogP contribution in [0.1, 0.15) is 31.9 Å². The van der Waals surface area contributed by atoms with Gasteiger partial charge in [0, 0.05) is 31.1 Å². The first-order chi connectivity index (χ1) is 10.9. The Morgan fingerprint density at radius 2 is 2.13 bits per heavy atom. The lowest BCUT2D eigenvalue weighted by Crippen LogP contribution is -2.45. The Balaban J connectivity index is 1.80. The van der Waals surface area contributed by atoms with Crippen molar-refractivity contribution in [2.45, 2.75) is 38.5 Å². The zero-order valence-electron chi connectivity index (χ0n) is 13.3. The minimum Gasteiger partial charge on any atom is -0.386 e. The van der Waals surface area contributed by atoms with Gasteiger partial charge in [0.25, 0.3) is 0 Å². The molecule has 23 heavy (non-hydrogen) atoms. The Morgan fingerprint density at radius 3 is 2.74 bits per heavy atom. The molecule has 0 saturated carbocycles. The van der Waals surface area contributed by atoms with Crippen LogP contribution in [0, 0.1) is 5.82 Å². The average Bonchev–Trinajstić information content (AvgIpc) is 2.86. The summed E-state index contributed by atoms with van der Waals surface area (Å²) in [7, 11) is 0. The zero-order valence-corrected chi connectivity index (χ0v) is 13.3. The molecule has 0 radical (unpaired) electrons. The predicted molar refractivity (Wildman–Crippen MR) is 83.1 cm³/mol. The maximum Gasteiger partial charge on any atom is 0.315 e. The summed E-state index contributed by atoms with van der Waals surface area (Å²) in [5.74, 6) is -0.507. The average molecular weight is 323 g/mol. The van der Waals surface area contributed by atoms with E-state index in [0.717, 1.165) is 0 Å². The molecule has 1 heterocycles. The molecule has 7 heteroatoms. The van der Waals surface area contributed by atoms with Gasteiger partial charge in [0.05, 0.1) is 12.1 Å². The molecule has 0 aliphatic carbocycles. The SMILES string of the molecule is CC(C)N1C[C@@H](NC(=O)NC[C@H](O)c2ccccc2F)CC1=O. The van der Waals surface area contributed by atoms with Crippen LogP contribution >= 0.6 is 0 Å². The van der Waals surface area contributed by atoms with Gasteiger partial charge < -0.3 is 20.6 Å². The van der Waals surface area contributed by atoms with Gasteiger partial charge in [-0.15, -0.1) is 0 Å². The maximum atomic E-state index is 13.5. The summed E-state index contributed by atoms with van der Waals surface area (Å²) in [4.78, 5) is 25.3. The van der Waals surface area contributed by atoms with Crippen LogP contribution in [-0.4, -0.2) is 47.1 Å². The molecule has 3 amide bonds. The van der Waals surface area contributed by atoms with Gasteiger partial charge in [-0.05, 0) is 19.9 Å². The van der Waals surface area contributed by atoms with Gasteiger partial charge in [-0.25, -0.2) is 9.18 Å². The number of rotatable bonds is 5. The Bertz CT molecular complexity index is 579. The monoisotopic (exact) mass is 323 g/mol. The van der Waals surface area contributed by atoms with E-state index in [2.05, 4.69) is 10.6 Å². The van der Waals surface area contributed by atoms with E-state index in [4.69, 9.17) is 0 Å². The van der Waals surface area contributed by atoms with Crippen molar-refractivity contribution < 1.29 is 19.1 Å². The Kier molecular flexibility index (Phi) is 5.54. The molecule has 126 valence electrons. The Labute approximate surface area is 134 Å². The number of likely N-dealkylation sites (tertiary alicyclic amines) is 1. The maximum absolute atomic E-state index is 13.5. The molecular formula is C16H22FN3O3. The Morgan fingerprint density at radius 1 is 1.43 bits per heavy atom. The van der Waals surface area contributed by atoms with Crippen LogP contribution in [0.4, 0.5) is 9.18 Å². The van der Waals surface area contributed by atoms with Gasteiger partial charge in [-0.2, -0.15) is 0 Å². The summed E-state index contributed by atoms with van der Waals surface area (Å²) in [5, 5.41) is 15.1. The number of benzene rings is 1. The van der Waals surface area contributed by atoms with Gasteiger partial charge in [-0.3, -0.25) is 4.79 Å². The van der Waals surface area contributed by atoms with E-state index >= 15 is 0 Å². The molecule has 0 aromatic heterocycles. The van der Waals surface area contributed by atoms with Crippen LogP contribution in [-0.2, 0) is 4.79 Å². The number of aliphatic hydroxyl groups excluding tert-OH is 1. The minimum atomic E-state index is -1.13. The van der Waals surface area contributed by atoms with Crippen molar-refractivity contribution in [3.8, 4) is 0 Å². The zero-order chi connectivity index (χ0) is 17.0. The highest BCUT2D eigenvalue weighted by molar-refractivity contribution is 5.81. The molecule has 2 atom stereocenters. The molecule has 1 aromatic rings. The molecule has 1 aromatic carbocycles. The minimum absolute atomic E-state index is 0.0108. The summed E-state index contributed by atoms with van der Waals surface area (Å²) in [5.41, 5.74) is 0.134. The molecule has 1 aliphatic heterocycles. The fourth-order valence-corrected chi connectivity index (χ4v) is 2.61. The highest BCUT2D eigenvalue weighted by Gasteiger charge is 2.31. The van der Waals surface area contributed by atoms with Gasteiger partial charge in [0.1, 0.15) is 5.82 Å². The number of nitrogens with one attached hydrogen (secondary N) is 2. The van der Waals surface area contributed by atoms with Crippen molar-refractivity contribution in [1.29, 1.82) is 0 Å². The smallest absolute Gasteiger partial charge is 0.315 e. The lowest BCUT2D eigenvalue weighted by atomic mass is 10.1. The van der Waals surface area contributed by atoms with Crippen LogP contribution in [0.2, 0.25) is 0 Å². The van der Waals surface area contributed by atoms with E-state index in [0.29, 0.717) is 6.54 Å². The largest absolute Gasteiger partial charge is 0.386 e. The Hall–Kier alpha value is -2.15. The number of hydrogen-bond donors (Lipinski definition) is 3. The lowest BCUT2D eigenvalue weighted by molar-refractivity contribution is -0.129. The van der Waals surface area contributed by atoms with Crippen LogP contribution < -0.4 is 10.6 Å². The van der Waals surface area contributed by atoms with Crippen molar-refractivity contribution >= 4 is 11.9 Å². The van der Waals surface area contributed by atoms with Crippen molar-refractivity contribution in [2.24, 2.45) is 0 Å². The molecule has 3 N–H and O–H groups in total. The molecule has 0 unspecified atom stereocenters. The summed E-state index contributed by atoms with van der Waals surface area (Å²) in [6.07, 6.45) is -0.860. The number of halogens is 1. The normalized spacial score (nSPS) is 19.1. The lowest BCUT2D eigenvalue weighted by Gasteiger charge is -2.21. The van der Waals surface area contributed by atoms with Gasteiger partial charge >= 0.3 is 6.03 Å². The van der Waals surface area contributed by atoms with Crippen LogP contribution in [0.25, 0.3) is 0 Å². The third-order valence-electron chi connectivity index (χ3n) is 3.84. The van der Waals surface area contributed by atoms with Crippen molar-refractivity contribution in [3.05, 3.63) is 35.6 Å². The third kappa shape index (κ3) is 4.41. The summed E-state index contributed by atoms with van der Waals surface area (Å²) in [6, 6.07) is 5.23. The third-order valence-corrected chi connectivity index (χ3v) is 3.84. The van der Waals surface area contributed by atoms with Gasteiger partial charge in [0.2, 0.25) is 5.91 Å². The number of urea groups is 1. The second-order valence-electron chi connectivity index (χ2n) is 5.93. The first kappa shape index (κ1) is 17.2. The topological polar surface area (TPSA) is 81.7 Å². The first-order valence-corrected chi connectivity index (χ1v) is 7.64. The van der Waals surface area contributed by atoms with Crippen LogP contribution in [0.3, 0.4) is 0 Å².